The summed E-state index contributed by atoms with van der Waals surface area (Å²) in [7, 11) is 2.10. The molecule has 0 unspecified atom stereocenters. The van der Waals surface area contributed by atoms with E-state index in [0.717, 1.165) is 42.2 Å². The van der Waals surface area contributed by atoms with Crippen molar-refractivity contribution in [1.82, 2.24) is 19.8 Å². The number of hydrogen-bond acceptors (Lipinski definition) is 10. The van der Waals surface area contributed by atoms with Crippen LogP contribution < -0.4 is 14.2 Å². The highest BCUT2D eigenvalue weighted by atomic mass is 35.5. The second-order valence-corrected chi connectivity index (χ2v) is 13.7. The van der Waals surface area contributed by atoms with Gasteiger partial charge in [0, 0.05) is 55.1 Å². The van der Waals surface area contributed by atoms with Crippen molar-refractivity contribution in [3.63, 3.8) is 0 Å². The predicted molar refractivity (Wildman–Crippen MR) is 186 cm³/mol. The van der Waals surface area contributed by atoms with Gasteiger partial charge >= 0.3 is 5.97 Å². The lowest BCUT2D eigenvalue weighted by atomic mass is 9.96. The second kappa shape index (κ2) is 13.8. The van der Waals surface area contributed by atoms with Crippen LogP contribution in [0, 0.1) is 12.7 Å². The molecule has 0 radical (unpaired) electrons. The SMILES string of the molecule is Cc1c2ccc(c1Cl)O[C@H](CN1CCN(C)CC1)COc1ccc(O)c(c1)C[C@H](C(=O)O)Oc1ncnc3sc(-c4ccc(F)cc4)c-2c13. The summed E-state index contributed by atoms with van der Waals surface area (Å²) in [6.07, 6.45) is -0.686. The Morgan fingerprint density at radius 3 is 2.59 bits per heavy atom. The highest BCUT2D eigenvalue weighted by Crippen LogP contribution is 2.49. The fraction of sp³-hybridized carbons (Fsp3) is 0.306. The van der Waals surface area contributed by atoms with Crippen molar-refractivity contribution in [2.75, 3.05) is 46.4 Å². The van der Waals surface area contributed by atoms with E-state index in [-0.39, 0.29) is 30.5 Å². The van der Waals surface area contributed by atoms with E-state index in [9.17, 15) is 19.4 Å². The minimum absolute atomic E-state index is 0.0521. The van der Waals surface area contributed by atoms with Crippen molar-refractivity contribution in [2.45, 2.75) is 25.6 Å². The van der Waals surface area contributed by atoms with Crippen LogP contribution >= 0.6 is 22.9 Å². The topological polar surface area (TPSA) is 117 Å². The third-order valence-corrected chi connectivity index (χ3v) is 10.6. The summed E-state index contributed by atoms with van der Waals surface area (Å²) in [5.41, 5.74) is 3.18. The molecule has 5 heterocycles. The molecule has 2 N–H and O–H groups in total. The number of aromatic hydroxyl groups is 1. The summed E-state index contributed by atoms with van der Waals surface area (Å²) in [6.45, 7) is 6.29. The van der Waals surface area contributed by atoms with Gasteiger partial charge in [-0.25, -0.2) is 19.2 Å². The van der Waals surface area contributed by atoms with Crippen LogP contribution in [-0.4, -0.2) is 94.5 Å². The van der Waals surface area contributed by atoms with Gasteiger partial charge in [-0.2, -0.15) is 0 Å². The van der Waals surface area contributed by atoms with Crippen LogP contribution in [0.15, 0.2) is 60.9 Å². The van der Waals surface area contributed by atoms with Gasteiger partial charge in [0.25, 0.3) is 0 Å². The molecule has 8 rings (SSSR count). The minimum atomic E-state index is -1.42. The molecule has 0 aliphatic carbocycles. The van der Waals surface area contributed by atoms with Crippen molar-refractivity contribution in [2.24, 2.45) is 0 Å². The number of rotatable bonds is 4. The number of ether oxygens (including phenoxy) is 3. The first-order valence-electron chi connectivity index (χ1n) is 15.9. The highest BCUT2D eigenvalue weighted by molar-refractivity contribution is 7.22. The van der Waals surface area contributed by atoms with Gasteiger partial charge < -0.3 is 29.3 Å². The molecule has 3 aromatic carbocycles. The number of piperazine rings is 1. The van der Waals surface area contributed by atoms with Crippen LogP contribution in [0.4, 0.5) is 4.39 Å². The Labute approximate surface area is 291 Å². The van der Waals surface area contributed by atoms with Crippen LogP contribution in [0.5, 0.6) is 23.1 Å². The Bertz CT molecular complexity index is 2020. The fourth-order valence-electron chi connectivity index (χ4n) is 6.22. The zero-order chi connectivity index (χ0) is 34.2. The van der Waals surface area contributed by atoms with Gasteiger partial charge in [-0.15, -0.1) is 11.3 Å². The average Bonchev–Trinajstić information content (AvgIpc) is 3.48. The maximum atomic E-state index is 14.0. The molecule has 0 amide bonds. The number of carboxylic acids is 1. The second-order valence-electron chi connectivity index (χ2n) is 12.3. The molecule has 10 nitrogen and oxygen atoms in total. The molecule has 0 spiro atoms. The number of aromatic nitrogens is 2. The van der Waals surface area contributed by atoms with Crippen molar-refractivity contribution >= 4 is 39.1 Å². The number of hydrogen-bond donors (Lipinski definition) is 2. The average molecular weight is 705 g/mol. The summed E-state index contributed by atoms with van der Waals surface area (Å²) in [6, 6.07) is 14.6. The van der Waals surface area contributed by atoms with E-state index in [2.05, 4.69) is 26.8 Å². The number of nitrogens with zero attached hydrogens (tertiary/aromatic N) is 4. The molecule has 0 saturated carbocycles. The monoisotopic (exact) mass is 704 g/mol. The number of halogens is 2. The number of carbonyl (C=O) groups is 1. The molecule has 2 aromatic heterocycles. The predicted octanol–water partition coefficient (Wildman–Crippen LogP) is 6.29. The molecule has 5 aromatic rings. The standard InChI is InChI=1S/C36H34ClFN4O6S/c1-20-26-8-10-28(32(20)37)47-25(17-42-13-11-41(2)12-14-42)18-46-24-7-9-27(43)22(15-24)16-29(36(44)45)48-34-31-30(26)33(49-35(31)40-19-39-34)21-3-5-23(38)6-4-21/h3-10,15,19,25,29,43H,11-14,16-18H2,1-2H3,(H,44,45)/t25-,29-/m1/s1. The zero-order valence-electron chi connectivity index (χ0n) is 26.9. The lowest BCUT2D eigenvalue weighted by molar-refractivity contribution is -0.145. The van der Waals surface area contributed by atoms with E-state index in [1.54, 1.807) is 24.3 Å². The van der Waals surface area contributed by atoms with Crippen LogP contribution in [0.1, 0.15) is 11.1 Å². The molecular formula is C36H34ClFN4O6S. The van der Waals surface area contributed by atoms with E-state index in [1.165, 1.54) is 35.9 Å². The number of thiophene rings is 1. The molecule has 2 atom stereocenters. The van der Waals surface area contributed by atoms with Crippen molar-refractivity contribution < 1.29 is 33.6 Å². The summed E-state index contributed by atoms with van der Waals surface area (Å²) in [4.78, 5) is 27.5. The van der Waals surface area contributed by atoms with E-state index in [4.69, 9.17) is 25.8 Å². The minimum Gasteiger partial charge on any atom is -0.508 e. The smallest absolute Gasteiger partial charge is 0.345 e. The van der Waals surface area contributed by atoms with Gasteiger partial charge in [0.1, 0.15) is 46.9 Å². The van der Waals surface area contributed by atoms with Crippen molar-refractivity contribution in [1.29, 1.82) is 0 Å². The van der Waals surface area contributed by atoms with Crippen molar-refractivity contribution in [3.05, 3.63) is 82.9 Å². The molecule has 1 fully saturated rings. The molecule has 254 valence electrons. The number of phenols is 1. The quantitative estimate of drug-likeness (QED) is 0.221. The number of fused-ring (bicyclic) bond motifs is 7. The Hall–Kier alpha value is -4.49. The van der Waals surface area contributed by atoms with Gasteiger partial charge in [0.2, 0.25) is 12.0 Å². The Morgan fingerprint density at radius 2 is 1.84 bits per heavy atom. The lowest BCUT2D eigenvalue weighted by Crippen LogP contribution is -2.49. The lowest BCUT2D eigenvalue weighted by Gasteiger charge is -2.34. The maximum Gasteiger partial charge on any atom is 0.345 e. The van der Waals surface area contributed by atoms with E-state index in [0.29, 0.717) is 50.0 Å². The van der Waals surface area contributed by atoms with E-state index < -0.39 is 18.2 Å². The van der Waals surface area contributed by atoms with E-state index >= 15 is 0 Å². The molecule has 4 bridgehead atoms. The van der Waals surface area contributed by atoms with E-state index in [1.807, 2.05) is 19.1 Å². The summed E-state index contributed by atoms with van der Waals surface area (Å²) in [5, 5.41) is 22.0. The highest BCUT2D eigenvalue weighted by Gasteiger charge is 2.29. The first kappa shape index (κ1) is 33.0. The molecular weight excluding hydrogens is 671 g/mol. The number of carboxylic acid groups (broad SMARTS) is 1. The summed E-state index contributed by atoms with van der Waals surface area (Å²) >= 11 is 8.45. The molecule has 49 heavy (non-hydrogen) atoms. The Kier molecular flexibility index (Phi) is 9.29. The fourth-order valence-corrected chi connectivity index (χ4v) is 7.58. The van der Waals surface area contributed by atoms with Crippen LogP contribution in [0.3, 0.4) is 0 Å². The number of likely N-dealkylation sites (N-methyl/N-ethyl adjacent to an activating group) is 1. The zero-order valence-corrected chi connectivity index (χ0v) is 28.4. The normalized spacial score (nSPS) is 18.8. The Balaban J connectivity index is 1.40. The van der Waals surface area contributed by atoms with Crippen LogP contribution in [-0.2, 0) is 11.2 Å². The van der Waals surface area contributed by atoms with Crippen molar-refractivity contribution in [3.8, 4) is 44.7 Å². The van der Waals surface area contributed by atoms with Gasteiger partial charge in [-0.3, -0.25) is 4.90 Å². The third kappa shape index (κ3) is 6.86. The molecule has 3 aliphatic heterocycles. The number of benzene rings is 3. The largest absolute Gasteiger partial charge is 0.508 e. The van der Waals surface area contributed by atoms with Gasteiger partial charge in [-0.05, 0) is 67.1 Å². The first-order valence-corrected chi connectivity index (χ1v) is 17.1. The van der Waals surface area contributed by atoms with Gasteiger partial charge in [0.05, 0.1) is 10.4 Å². The number of phenolic OH excluding ortho intramolecular Hbond substituents is 1. The summed E-state index contributed by atoms with van der Waals surface area (Å²) in [5.74, 6) is -0.721. The van der Waals surface area contributed by atoms with Gasteiger partial charge in [-0.1, -0.05) is 29.8 Å². The third-order valence-electron chi connectivity index (χ3n) is 8.95. The van der Waals surface area contributed by atoms with Crippen LogP contribution in [0.2, 0.25) is 5.02 Å². The molecule has 3 aliphatic rings. The molecule has 1 saturated heterocycles. The van der Waals surface area contributed by atoms with Gasteiger partial charge in [0.15, 0.2) is 0 Å². The number of aliphatic carboxylic acids is 1. The molecule has 13 heteroatoms. The maximum absolute atomic E-state index is 14.0. The first-order chi connectivity index (χ1) is 23.6. The van der Waals surface area contributed by atoms with Crippen LogP contribution in [0.25, 0.3) is 31.8 Å². The summed E-state index contributed by atoms with van der Waals surface area (Å²) < 4.78 is 33.0. The Morgan fingerprint density at radius 1 is 1.06 bits per heavy atom.